The molecule has 0 spiro atoms. The van der Waals surface area contributed by atoms with Crippen LogP contribution in [-0.4, -0.2) is 43.9 Å². The molecule has 1 aromatic heterocycles. The van der Waals surface area contributed by atoms with Crippen LogP contribution in [0.15, 0.2) is 47.3 Å². The fourth-order valence-corrected chi connectivity index (χ4v) is 4.57. The molecule has 0 unspecified atom stereocenters. The Bertz CT molecular complexity index is 1240. The predicted molar refractivity (Wildman–Crippen MR) is 131 cm³/mol. The number of rotatable bonds is 6. The third-order valence-electron chi connectivity index (χ3n) is 6.34. The van der Waals surface area contributed by atoms with E-state index in [1.807, 2.05) is 49.4 Å². The number of carbonyl (C=O) groups excluding carboxylic acids is 1. The average Bonchev–Trinajstić information content (AvgIpc) is 2.87. The summed E-state index contributed by atoms with van der Waals surface area (Å²) in [4.78, 5) is 29.9. The molecule has 8 nitrogen and oxygen atoms in total. The zero-order valence-corrected chi connectivity index (χ0v) is 19.3. The van der Waals surface area contributed by atoms with Gasteiger partial charge in [-0.1, -0.05) is 0 Å². The number of hydrogen-bond acceptors (Lipinski definition) is 7. The van der Waals surface area contributed by atoms with Gasteiger partial charge < -0.3 is 29.4 Å². The molecule has 0 saturated carbocycles. The van der Waals surface area contributed by atoms with Crippen LogP contribution in [0.5, 0.6) is 11.5 Å². The van der Waals surface area contributed by atoms with Gasteiger partial charge in [0.1, 0.15) is 13.2 Å². The van der Waals surface area contributed by atoms with Gasteiger partial charge in [-0.15, -0.1) is 0 Å². The van der Waals surface area contributed by atoms with Gasteiger partial charge in [0.05, 0.1) is 18.0 Å². The van der Waals surface area contributed by atoms with Crippen molar-refractivity contribution in [3.63, 3.8) is 0 Å². The van der Waals surface area contributed by atoms with Crippen molar-refractivity contribution >= 4 is 28.2 Å². The van der Waals surface area contributed by atoms with Gasteiger partial charge in [0.2, 0.25) is 0 Å². The molecule has 1 saturated heterocycles. The number of hydrogen-bond donors (Lipinski definition) is 2. The Hall–Kier alpha value is -3.68. The normalized spacial score (nSPS) is 17.4. The summed E-state index contributed by atoms with van der Waals surface area (Å²) < 4.78 is 16.5. The maximum Gasteiger partial charge on any atom is 0.310 e. The number of carbonyl (C=O) groups is 1. The number of aromatic nitrogens is 1. The van der Waals surface area contributed by atoms with Crippen molar-refractivity contribution in [2.75, 3.05) is 43.1 Å². The average molecular weight is 464 g/mol. The highest BCUT2D eigenvalue weighted by Gasteiger charge is 2.27. The third-order valence-corrected chi connectivity index (χ3v) is 6.34. The summed E-state index contributed by atoms with van der Waals surface area (Å²) in [6.45, 7) is 5.28. The molecule has 2 aromatic carbocycles. The SMILES string of the molecule is CCOC(=O)[C@@H]1CCCN(c2ccc(NCc3cc4cc5c(cc4[nH]c3=O)OCCO5)cc2)C1. The van der Waals surface area contributed by atoms with Gasteiger partial charge in [-0.25, -0.2) is 0 Å². The Morgan fingerprint density at radius 3 is 2.68 bits per heavy atom. The molecule has 1 fully saturated rings. The zero-order chi connectivity index (χ0) is 23.5. The molecule has 0 bridgehead atoms. The maximum absolute atomic E-state index is 12.6. The lowest BCUT2D eigenvalue weighted by atomic mass is 9.97. The second-order valence-electron chi connectivity index (χ2n) is 8.64. The molecule has 34 heavy (non-hydrogen) atoms. The number of ether oxygens (including phenoxy) is 3. The number of H-pyrrole nitrogens is 1. The van der Waals surface area contributed by atoms with E-state index in [1.54, 1.807) is 0 Å². The van der Waals surface area contributed by atoms with Crippen molar-refractivity contribution in [1.82, 2.24) is 4.98 Å². The maximum atomic E-state index is 12.6. The largest absolute Gasteiger partial charge is 0.486 e. The summed E-state index contributed by atoms with van der Waals surface area (Å²) in [6, 6.07) is 13.7. The lowest BCUT2D eigenvalue weighted by molar-refractivity contribution is -0.148. The molecule has 8 heteroatoms. The number of benzene rings is 2. The van der Waals surface area contributed by atoms with E-state index in [9.17, 15) is 9.59 Å². The summed E-state index contributed by atoms with van der Waals surface area (Å²) in [7, 11) is 0. The van der Waals surface area contributed by atoms with E-state index in [4.69, 9.17) is 14.2 Å². The van der Waals surface area contributed by atoms with Crippen LogP contribution in [0.25, 0.3) is 10.9 Å². The Morgan fingerprint density at radius 2 is 1.91 bits per heavy atom. The third kappa shape index (κ3) is 4.66. The van der Waals surface area contributed by atoms with Crippen molar-refractivity contribution in [2.24, 2.45) is 5.92 Å². The van der Waals surface area contributed by atoms with Gasteiger partial charge in [-0.05, 0) is 56.2 Å². The van der Waals surface area contributed by atoms with E-state index >= 15 is 0 Å². The molecule has 1 atom stereocenters. The first-order chi connectivity index (χ1) is 16.6. The Morgan fingerprint density at radius 1 is 1.15 bits per heavy atom. The molecule has 0 radical (unpaired) electrons. The quantitative estimate of drug-likeness (QED) is 0.539. The van der Waals surface area contributed by atoms with E-state index in [-0.39, 0.29) is 17.4 Å². The molecular weight excluding hydrogens is 434 g/mol. The summed E-state index contributed by atoms with van der Waals surface area (Å²) in [5, 5.41) is 4.23. The minimum atomic E-state index is -0.133. The van der Waals surface area contributed by atoms with Gasteiger partial charge in [-0.3, -0.25) is 9.59 Å². The van der Waals surface area contributed by atoms with Crippen LogP contribution in [0, 0.1) is 5.92 Å². The van der Waals surface area contributed by atoms with E-state index in [0.717, 1.165) is 41.7 Å². The first-order valence-corrected chi connectivity index (χ1v) is 11.8. The van der Waals surface area contributed by atoms with Crippen molar-refractivity contribution in [1.29, 1.82) is 0 Å². The smallest absolute Gasteiger partial charge is 0.310 e. The molecule has 2 N–H and O–H groups in total. The fourth-order valence-electron chi connectivity index (χ4n) is 4.57. The van der Waals surface area contributed by atoms with Crippen molar-refractivity contribution in [2.45, 2.75) is 26.3 Å². The highest BCUT2D eigenvalue weighted by Crippen LogP contribution is 2.33. The van der Waals surface area contributed by atoms with Gasteiger partial charge >= 0.3 is 5.97 Å². The molecule has 0 amide bonds. The lowest BCUT2D eigenvalue weighted by Gasteiger charge is -2.33. The Labute approximate surface area is 197 Å². The minimum absolute atomic E-state index is 0.0753. The van der Waals surface area contributed by atoms with Crippen LogP contribution >= 0.6 is 0 Å². The van der Waals surface area contributed by atoms with E-state index in [2.05, 4.69) is 15.2 Å². The van der Waals surface area contributed by atoms with Gasteiger partial charge in [0, 0.05) is 48.0 Å². The number of pyridine rings is 1. The molecule has 3 aromatic rings. The number of aromatic amines is 1. The van der Waals surface area contributed by atoms with Gasteiger partial charge in [0.15, 0.2) is 11.5 Å². The Kier molecular flexibility index (Phi) is 6.29. The van der Waals surface area contributed by atoms with Crippen LogP contribution in [0.4, 0.5) is 11.4 Å². The fraction of sp³-hybridized carbons (Fsp3) is 0.385. The predicted octanol–water partition coefficient (Wildman–Crippen LogP) is 3.69. The Balaban J connectivity index is 1.25. The summed E-state index contributed by atoms with van der Waals surface area (Å²) in [5.41, 5.74) is 3.23. The van der Waals surface area contributed by atoms with Crippen LogP contribution in [0.3, 0.4) is 0 Å². The zero-order valence-electron chi connectivity index (χ0n) is 19.3. The van der Waals surface area contributed by atoms with Crippen LogP contribution in [0.2, 0.25) is 0 Å². The number of piperidine rings is 1. The van der Waals surface area contributed by atoms with Gasteiger partial charge in [0.25, 0.3) is 5.56 Å². The first kappa shape index (κ1) is 22.1. The number of nitrogens with one attached hydrogen (secondary N) is 2. The molecule has 2 aliphatic heterocycles. The summed E-state index contributed by atoms with van der Waals surface area (Å²) in [6.07, 6.45) is 1.84. The molecular formula is C26H29N3O5. The molecule has 2 aliphatic rings. The number of fused-ring (bicyclic) bond motifs is 2. The monoisotopic (exact) mass is 463 g/mol. The van der Waals surface area contributed by atoms with Crippen molar-refractivity contribution in [3.05, 3.63) is 58.4 Å². The first-order valence-electron chi connectivity index (χ1n) is 11.8. The molecule has 0 aliphatic carbocycles. The summed E-state index contributed by atoms with van der Waals surface area (Å²) in [5.74, 6) is 1.17. The van der Waals surface area contributed by atoms with Gasteiger partial charge in [-0.2, -0.15) is 0 Å². The number of esters is 1. The molecule has 3 heterocycles. The van der Waals surface area contributed by atoms with E-state index in [0.29, 0.717) is 50.0 Å². The van der Waals surface area contributed by atoms with E-state index < -0.39 is 0 Å². The summed E-state index contributed by atoms with van der Waals surface area (Å²) >= 11 is 0. The lowest BCUT2D eigenvalue weighted by Crippen LogP contribution is -2.39. The van der Waals surface area contributed by atoms with Crippen molar-refractivity contribution in [3.8, 4) is 11.5 Å². The number of anilines is 2. The van der Waals surface area contributed by atoms with Crippen LogP contribution in [0.1, 0.15) is 25.3 Å². The van der Waals surface area contributed by atoms with Crippen molar-refractivity contribution < 1.29 is 19.0 Å². The van der Waals surface area contributed by atoms with Crippen LogP contribution < -0.4 is 25.2 Å². The highest BCUT2D eigenvalue weighted by molar-refractivity contribution is 5.83. The topological polar surface area (TPSA) is 92.9 Å². The highest BCUT2D eigenvalue weighted by atomic mass is 16.6. The second kappa shape index (κ2) is 9.67. The molecule has 5 rings (SSSR count). The van der Waals surface area contributed by atoms with Crippen LogP contribution in [-0.2, 0) is 16.1 Å². The second-order valence-corrected chi connectivity index (χ2v) is 8.64. The number of nitrogens with zero attached hydrogens (tertiary/aromatic N) is 1. The van der Waals surface area contributed by atoms with E-state index in [1.165, 1.54) is 0 Å². The molecule has 178 valence electrons. The minimum Gasteiger partial charge on any atom is -0.486 e. The standard InChI is InChI=1S/C26H29N3O5/c1-2-32-26(31)17-4-3-9-29(16-17)21-7-5-20(6-8-21)27-15-19-12-18-13-23-24(34-11-10-33-23)14-22(18)28-25(19)30/h5-8,12-14,17,27H,2-4,9-11,15-16H2,1H3,(H,28,30)/t17-/m1/s1.